The first kappa shape index (κ1) is 24.4. The van der Waals surface area contributed by atoms with Crippen LogP contribution in [0.5, 0.6) is 0 Å². The molecule has 0 aliphatic carbocycles. The number of fused-ring (bicyclic) bond motifs is 1. The van der Waals surface area contributed by atoms with E-state index in [4.69, 9.17) is 4.74 Å². The van der Waals surface area contributed by atoms with Gasteiger partial charge in [-0.2, -0.15) is 0 Å². The molecule has 1 amide bonds. The molecule has 8 heteroatoms. The van der Waals surface area contributed by atoms with Crippen molar-refractivity contribution in [3.8, 4) is 0 Å². The lowest BCUT2D eigenvalue weighted by Crippen LogP contribution is -2.47. The number of hydrogen-bond donors (Lipinski definition) is 1. The van der Waals surface area contributed by atoms with Gasteiger partial charge in [0.05, 0.1) is 37.3 Å². The summed E-state index contributed by atoms with van der Waals surface area (Å²) in [6.45, 7) is 9.24. The van der Waals surface area contributed by atoms with Crippen LogP contribution >= 0.6 is 0 Å². The molecule has 1 aromatic carbocycles. The molecule has 0 fully saturated rings. The Balaban J connectivity index is 1.77. The van der Waals surface area contributed by atoms with Crippen molar-refractivity contribution in [1.82, 2.24) is 24.8 Å². The zero-order chi connectivity index (χ0) is 23.1. The number of carbonyl (C=O) groups excluding carboxylic acids is 1. The van der Waals surface area contributed by atoms with Gasteiger partial charge in [-0.3, -0.25) is 9.69 Å². The first-order valence-corrected chi connectivity index (χ1v) is 11.5. The second kappa shape index (κ2) is 11.5. The van der Waals surface area contributed by atoms with E-state index in [0.717, 1.165) is 18.8 Å². The van der Waals surface area contributed by atoms with Crippen LogP contribution in [0.15, 0.2) is 30.5 Å². The van der Waals surface area contributed by atoms with Gasteiger partial charge < -0.3 is 14.7 Å². The SMILES string of the molecule is Cc1cccc(CN(C)C[C@@H]2OCc3cnnn3CCCC(=O)N([C@@H](C)CO)C[C@@H]2C)c1. The highest BCUT2D eigenvalue weighted by Gasteiger charge is 2.28. The Kier molecular flexibility index (Phi) is 8.78. The predicted molar refractivity (Wildman–Crippen MR) is 123 cm³/mol. The minimum absolute atomic E-state index is 0.0511. The van der Waals surface area contributed by atoms with Gasteiger partial charge in [0.25, 0.3) is 0 Å². The summed E-state index contributed by atoms with van der Waals surface area (Å²) in [7, 11) is 2.10. The Labute approximate surface area is 191 Å². The number of carbonyl (C=O) groups is 1. The average Bonchev–Trinajstić information content (AvgIpc) is 3.20. The molecule has 3 rings (SSSR count). The number of aryl methyl sites for hydroxylation is 2. The standard InChI is InChI=1S/C24H37N5O3/c1-18-7-5-8-21(11-18)14-27(4)15-23-19(2)13-28(20(3)16-30)24(31)9-6-10-29-22(17-32-23)12-25-26-29/h5,7-8,11-12,19-20,23,30H,6,9-10,13-17H2,1-4H3/t19-,20-,23-/m0/s1. The lowest BCUT2D eigenvalue weighted by atomic mass is 10.0. The predicted octanol–water partition coefficient (Wildman–Crippen LogP) is 2.24. The summed E-state index contributed by atoms with van der Waals surface area (Å²) in [5, 5.41) is 17.9. The van der Waals surface area contributed by atoms with E-state index in [1.54, 1.807) is 6.20 Å². The molecule has 1 aliphatic rings. The number of hydrogen-bond acceptors (Lipinski definition) is 6. The molecule has 0 bridgehead atoms. The lowest BCUT2D eigenvalue weighted by Gasteiger charge is -2.35. The zero-order valence-corrected chi connectivity index (χ0v) is 19.8. The number of likely N-dealkylation sites (N-methyl/N-ethyl adjacent to an activating group) is 1. The third-order valence-corrected chi connectivity index (χ3v) is 6.17. The number of benzene rings is 1. The topological polar surface area (TPSA) is 83.7 Å². The molecular weight excluding hydrogens is 406 g/mol. The quantitative estimate of drug-likeness (QED) is 0.737. The van der Waals surface area contributed by atoms with Crippen molar-refractivity contribution < 1.29 is 14.6 Å². The van der Waals surface area contributed by atoms with Gasteiger partial charge in [-0.15, -0.1) is 5.10 Å². The van der Waals surface area contributed by atoms with Gasteiger partial charge in [-0.1, -0.05) is 42.0 Å². The third kappa shape index (κ3) is 6.60. The highest BCUT2D eigenvalue weighted by Crippen LogP contribution is 2.19. The van der Waals surface area contributed by atoms with Crippen LogP contribution < -0.4 is 0 Å². The van der Waals surface area contributed by atoms with Crippen LogP contribution in [0.1, 0.15) is 43.5 Å². The fraction of sp³-hybridized carbons (Fsp3) is 0.625. The van der Waals surface area contributed by atoms with Crippen LogP contribution in [0.25, 0.3) is 0 Å². The molecule has 1 aliphatic heterocycles. The van der Waals surface area contributed by atoms with Crippen molar-refractivity contribution in [2.75, 3.05) is 26.7 Å². The van der Waals surface area contributed by atoms with E-state index in [0.29, 0.717) is 32.5 Å². The monoisotopic (exact) mass is 443 g/mol. The van der Waals surface area contributed by atoms with E-state index in [-0.39, 0.29) is 30.6 Å². The Morgan fingerprint density at radius 3 is 2.94 bits per heavy atom. The molecule has 176 valence electrons. The number of rotatable bonds is 6. The van der Waals surface area contributed by atoms with Crippen LogP contribution in [-0.4, -0.2) is 74.7 Å². The molecule has 0 unspecified atom stereocenters. The number of amides is 1. The Morgan fingerprint density at radius 1 is 1.38 bits per heavy atom. The summed E-state index contributed by atoms with van der Waals surface area (Å²) in [5.74, 6) is 0.157. The molecule has 0 radical (unpaired) electrons. The second-order valence-electron chi connectivity index (χ2n) is 9.14. The fourth-order valence-corrected chi connectivity index (χ4v) is 4.24. The first-order chi connectivity index (χ1) is 15.4. The van der Waals surface area contributed by atoms with Gasteiger partial charge in [0.2, 0.25) is 5.91 Å². The van der Waals surface area contributed by atoms with Crippen molar-refractivity contribution in [3.05, 3.63) is 47.3 Å². The third-order valence-electron chi connectivity index (χ3n) is 6.17. The van der Waals surface area contributed by atoms with E-state index in [2.05, 4.69) is 60.4 Å². The van der Waals surface area contributed by atoms with Crippen LogP contribution in [-0.2, 0) is 29.2 Å². The Hall–Kier alpha value is -2.29. The molecule has 2 aromatic rings. The number of aromatic nitrogens is 3. The largest absolute Gasteiger partial charge is 0.394 e. The number of aliphatic hydroxyl groups is 1. The van der Waals surface area contributed by atoms with E-state index in [9.17, 15) is 9.90 Å². The Bertz CT molecular complexity index is 871. The summed E-state index contributed by atoms with van der Waals surface area (Å²) in [6.07, 6.45) is 2.76. The molecule has 2 heterocycles. The normalized spacial score (nSPS) is 21.7. The van der Waals surface area contributed by atoms with Gasteiger partial charge in [0.1, 0.15) is 0 Å². The number of ether oxygens (including phenoxy) is 1. The summed E-state index contributed by atoms with van der Waals surface area (Å²) in [6, 6.07) is 8.31. The zero-order valence-electron chi connectivity index (χ0n) is 19.8. The maximum atomic E-state index is 12.9. The second-order valence-corrected chi connectivity index (χ2v) is 9.14. The average molecular weight is 444 g/mol. The summed E-state index contributed by atoms with van der Waals surface area (Å²) >= 11 is 0. The van der Waals surface area contributed by atoms with Crippen LogP contribution in [0.3, 0.4) is 0 Å². The molecule has 3 atom stereocenters. The highest BCUT2D eigenvalue weighted by molar-refractivity contribution is 5.76. The first-order valence-electron chi connectivity index (χ1n) is 11.5. The maximum absolute atomic E-state index is 12.9. The van der Waals surface area contributed by atoms with E-state index >= 15 is 0 Å². The minimum atomic E-state index is -0.222. The minimum Gasteiger partial charge on any atom is -0.394 e. The van der Waals surface area contributed by atoms with Crippen molar-refractivity contribution in [2.45, 2.75) is 65.5 Å². The molecule has 0 saturated carbocycles. The van der Waals surface area contributed by atoms with Gasteiger partial charge in [-0.05, 0) is 32.9 Å². The molecule has 0 saturated heterocycles. The molecule has 32 heavy (non-hydrogen) atoms. The van der Waals surface area contributed by atoms with Crippen LogP contribution in [0.2, 0.25) is 0 Å². The van der Waals surface area contributed by atoms with Crippen molar-refractivity contribution in [1.29, 1.82) is 0 Å². The van der Waals surface area contributed by atoms with Crippen molar-refractivity contribution in [2.24, 2.45) is 5.92 Å². The highest BCUT2D eigenvalue weighted by atomic mass is 16.5. The number of aliphatic hydroxyl groups excluding tert-OH is 1. The summed E-state index contributed by atoms with van der Waals surface area (Å²) in [4.78, 5) is 17.0. The van der Waals surface area contributed by atoms with E-state index in [1.807, 2.05) is 16.5 Å². The van der Waals surface area contributed by atoms with Crippen molar-refractivity contribution >= 4 is 5.91 Å². The molecular formula is C24H37N5O3. The molecule has 1 aromatic heterocycles. The Morgan fingerprint density at radius 2 is 2.19 bits per heavy atom. The van der Waals surface area contributed by atoms with Crippen LogP contribution in [0, 0.1) is 12.8 Å². The molecule has 1 N–H and O–H groups in total. The fourth-order valence-electron chi connectivity index (χ4n) is 4.24. The lowest BCUT2D eigenvalue weighted by molar-refractivity contribution is -0.136. The van der Waals surface area contributed by atoms with Crippen molar-refractivity contribution in [3.63, 3.8) is 0 Å². The van der Waals surface area contributed by atoms with E-state index < -0.39 is 0 Å². The van der Waals surface area contributed by atoms with E-state index in [1.165, 1.54) is 11.1 Å². The van der Waals surface area contributed by atoms with Gasteiger partial charge >= 0.3 is 0 Å². The molecule has 8 nitrogen and oxygen atoms in total. The van der Waals surface area contributed by atoms with Gasteiger partial charge in [0.15, 0.2) is 0 Å². The van der Waals surface area contributed by atoms with Gasteiger partial charge in [0, 0.05) is 38.5 Å². The summed E-state index contributed by atoms with van der Waals surface area (Å²) < 4.78 is 8.22. The van der Waals surface area contributed by atoms with Crippen LogP contribution in [0.4, 0.5) is 0 Å². The smallest absolute Gasteiger partial charge is 0.222 e. The maximum Gasteiger partial charge on any atom is 0.222 e. The van der Waals surface area contributed by atoms with Gasteiger partial charge in [-0.25, -0.2) is 4.68 Å². The number of nitrogens with zero attached hydrogens (tertiary/aromatic N) is 5. The summed E-state index contributed by atoms with van der Waals surface area (Å²) in [5.41, 5.74) is 3.44. The molecule has 0 spiro atoms.